The van der Waals surface area contributed by atoms with Crippen LogP contribution in [0.2, 0.25) is 0 Å². The van der Waals surface area contributed by atoms with Crippen molar-refractivity contribution < 1.29 is 9.53 Å². The van der Waals surface area contributed by atoms with Gasteiger partial charge in [-0.25, -0.2) is 0 Å². The highest BCUT2D eigenvalue weighted by Crippen LogP contribution is 2.20. The molecule has 0 spiro atoms. The van der Waals surface area contributed by atoms with E-state index < -0.39 is 0 Å². The Bertz CT molecular complexity index is 481. The van der Waals surface area contributed by atoms with Gasteiger partial charge >= 0.3 is 5.97 Å². The van der Waals surface area contributed by atoms with Crippen molar-refractivity contribution >= 4 is 11.7 Å². The molecule has 1 heterocycles. The number of nitrogens with zero attached hydrogens (tertiary/aromatic N) is 1. The molecule has 0 aromatic heterocycles. The van der Waals surface area contributed by atoms with Gasteiger partial charge in [-0.3, -0.25) is 9.79 Å². The summed E-state index contributed by atoms with van der Waals surface area (Å²) in [5, 5.41) is 0. The number of esters is 1. The van der Waals surface area contributed by atoms with E-state index in [1.807, 2.05) is 30.3 Å². The van der Waals surface area contributed by atoms with Crippen LogP contribution in [-0.2, 0) is 9.53 Å². The van der Waals surface area contributed by atoms with Gasteiger partial charge in [0.25, 0.3) is 0 Å². The highest BCUT2D eigenvalue weighted by Gasteiger charge is 2.29. The minimum Gasteiger partial charge on any atom is -0.463 e. The SMILES string of the molecule is CCCCCCCCCC(=O)OC[C@@H]1N=C1c1ccccc1. The van der Waals surface area contributed by atoms with E-state index in [9.17, 15) is 4.79 Å². The maximum atomic E-state index is 11.7. The van der Waals surface area contributed by atoms with Crippen molar-refractivity contribution in [1.82, 2.24) is 0 Å². The maximum Gasteiger partial charge on any atom is 0.305 e. The fourth-order valence-electron chi connectivity index (χ4n) is 2.59. The summed E-state index contributed by atoms with van der Waals surface area (Å²) in [6, 6.07) is 10.2. The first kappa shape index (κ1) is 16.7. The Morgan fingerprint density at radius 1 is 1.05 bits per heavy atom. The van der Waals surface area contributed by atoms with Gasteiger partial charge in [0, 0.05) is 6.42 Å². The first-order chi connectivity index (χ1) is 10.8. The van der Waals surface area contributed by atoms with Crippen LogP contribution in [-0.4, -0.2) is 24.3 Å². The molecule has 2 rings (SSSR count). The van der Waals surface area contributed by atoms with Crippen LogP contribution in [0.3, 0.4) is 0 Å². The largest absolute Gasteiger partial charge is 0.463 e. The molecule has 0 amide bonds. The second-order valence-electron chi connectivity index (χ2n) is 5.95. The van der Waals surface area contributed by atoms with E-state index in [0.717, 1.165) is 24.1 Å². The van der Waals surface area contributed by atoms with Crippen LogP contribution in [0.5, 0.6) is 0 Å². The van der Waals surface area contributed by atoms with Crippen LogP contribution in [0.25, 0.3) is 0 Å². The molecule has 0 bridgehead atoms. The molecular weight excluding hydrogens is 274 g/mol. The molecule has 0 fully saturated rings. The lowest BCUT2D eigenvalue weighted by atomic mass is 10.1. The van der Waals surface area contributed by atoms with E-state index in [-0.39, 0.29) is 12.0 Å². The Morgan fingerprint density at radius 2 is 1.73 bits per heavy atom. The van der Waals surface area contributed by atoms with Crippen molar-refractivity contribution in [3.8, 4) is 0 Å². The van der Waals surface area contributed by atoms with Crippen molar-refractivity contribution in [2.75, 3.05) is 6.61 Å². The molecule has 0 aliphatic carbocycles. The molecule has 1 aliphatic heterocycles. The second kappa shape index (κ2) is 9.39. The summed E-state index contributed by atoms with van der Waals surface area (Å²) >= 11 is 0. The number of hydrogen-bond acceptors (Lipinski definition) is 3. The third-order valence-corrected chi connectivity index (χ3v) is 4.00. The van der Waals surface area contributed by atoms with Gasteiger partial charge in [-0.1, -0.05) is 75.8 Å². The highest BCUT2D eigenvalue weighted by atomic mass is 16.5. The molecule has 0 unspecified atom stereocenters. The summed E-state index contributed by atoms with van der Waals surface area (Å²) < 4.78 is 5.31. The van der Waals surface area contributed by atoms with E-state index in [2.05, 4.69) is 11.9 Å². The molecule has 1 aliphatic rings. The summed E-state index contributed by atoms with van der Waals surface area (Å²) in [6.07, 6.45) is 9.07. The number of unbranched alkanes of at least 4 members (excludes halogenated alkanes) is 6. The van der Waals surface area contributed by atoms with Crippen LogP contribution >= 0.6 is 0 Å². The average Bonchev–Trinajstić information content (AvgIpc) is 3.33. The van der Waals surface area contributed by atoms with Crippen molar-refractivity contribution in [3.05, 3.63) is 35.9 Å². The van der Waals surface area contributed by atoms with E-state index in [0.29, 0.717) is 13.0 Å². The molecule has 1 atom stereocenters. The fourth-order valence-corrected chi connectivity index (χ4v) is 2.59. The van der Waals surface area contributed by atoms with Gasteiger partial charge in [0.2, 0.25) is 0 Å². The first-order valence-corrected chi connectivity index (χ1v) is 8.60. The smallest absolute Gasteiger partial charge is 0.305 e. The molecule has 1 aromatic rings. The van der Waals surface area contributed by atoms with Crippen molar-refractivity contribution in [1.29, 1.82) is 0 Å². The zero-order valence-electron chi connectivity index (χ0n) is 13.6. The van der Waals surface area contributed by atoms with E-state index >= 15 is 0 Å². The summed E-state index contributed by atoms with van der Waals surface area (Å²) in [5.41, 5.74) is 2.19. The topological polar surface area (TPSA) is 38.7 Å². The average molecular weight is 301 g/mol. The van der Waals surface area contributed by atoms with E-state index in [1.165, 1.54) is 32.1 Å². The number of rotatable bonds is 11. The Balaban J connectivity index is 1.48. The number of carbonyl (C=O) groups is 1. The van der Waals surface area contributed by atoms with E-state index in [1.54, 1.807) is 0 Å². The number of benzene rings is 1. The molecule has 3 heteroatoms. The van der Waals surface area contributed by atoms with Gasteiger partial charge in [-0.05, 0) is 12.0 Å². The third kappa shape index (κ3) is 6.00. The van der Waals surface area contributed by atoms with E-state index in [4.69, 9.17) is 4.74 Å². The normalized spacial score (nSPS) is 16.2. The predicted molar refractivity (Wildman–Crippen MR) is 90.3 cm³/mol. The molecule has 0 N–H and O–H groups in total. The summed E-state index contributed by atoms with van der Waals surface area (Å²) in [6.45, 7) is 2.63. The predicted octanol–water partition coefficient (Wildman–Crippen LogP) is 4.54. The molecule has 3 nitrogen and oxygen atoms in total. The minimum atomic E-state index is -0.0805. The standard InChI is InChI=1S/C19H27NO2/c1-2-3-4-5-6-7-11-14-18(21)22-15-17-19(20-17)16-12-9-8-10-13-16/h8-10,12-13,17H,2-7,11,14-15H2,1H3/t17-/m0/s1. The maximum absolute atomic E-state index is 11.7. The molecule has 120 valence electrons. The van der Waals surface area contributed by atoms with Crippen LogP contribution < -0.4 is 0 Å². The van der Waals surface area contributed by atoms with Crippen molar-refractivity contribution in [2.24, 2.45) is 4.99 Å². The van der Waals surface area contributed by atoms with Gasteiger partial charge in [-0.15, -0.1) is 0 Å². The third-order valence-electron chi connectivity index (χ3n) is 4.00. The minimum absolute atomic E-state index is 0.0805. The number of ether oxygens (including phenoxy) is 1. The van der Waals surface area contributed by atoms with Gasteiger partial charge in [-0.2, -0.15) is 0 Å². The quantitative estimate of drug-likeness (QED) is 0.444. The van der Waals surface area contributed by atoms with Crippen LogP contribution in [0.1, 0.15) is 63.9 Å². The van der Waals surface area contributed by atoms with Gasteiger partial charge < -0.3 is 4.74 Å². The van der Waals surface area contributed by atoms with Crippen LogP contribution in [0.15, 0.2) is 35.3 Å². The second-order valence-corrected chi connectivity index (χ2v) is 5.95. The number of aliphatic imine (C=N–C) groups is 1. The molecule has 22 heavy (non-hydrogen) atoms. The summed E-state index contributed by atoms with van der Waals surface area (Å²) in [4.78, 5) is 16.1. The van der Waals surface area contributed by atoms with Crippen LogP contribution in [0, 0.1) is 0 Å². The Kier molecular flexibility index (Phi) is 7.14. The zero-order chi connectivity index (χ0) is 15.6. The number of carbonyl (C=O) groups excluding carboxylic acids is 1. The molecule has 0 radical (unpaired) electrons. The Hall–Kier alpha value is -1.64. The molecule has 1 aromatic carbocycles. The monoisotopic (exact) mass is 301 g/mol. The number of hydrogen-bond donors (Lipinski definition) is 0. The van der Waals surface area contributed by atoms with Gasteiger partial charge in [0.15, 0.2) is 0 Å². The Morgan fingerprint density at radius 3 is 2.45 bits per heavy atom. The van der Waals surface area contributed by atoms with Gasteiger partial charge in [0.05, 0.1) is 5.71 Å². The van der Waals surface area contributed by atoms with Crippen molar-refractivity contribution in [2.45, 2.75) is 64.3 Å². The fraction of sp³-hybridized carbons (Fsp3) is 0.579. The molecular formula is C19H27NO2. The van der Waals surface area contributed by atoms with Gasteiger partial charge in [0.1, 0.15) is 12.6 Å². The summed E-state index contributed by atoms with van der Waals surface area (Å²) in [7, 11) is 0. The lowest BCUT2D eigenvalue weighted by Crippen LogP contribution is -2.13. The first-order valence-electron chi connectivity index (χ1n) is 8.60. The lowest BCUT2D eigenvalue weighted by molar-refractivity contribution is -0.143. The summed E-state index contributed by atoms with van der Waals surface area (Å²) in [5.74, 6) is -0.0805. The van der Waals surface area contributed by atoms with Crippen LogP contribution in [0.4, 0.5) is 0 Å². The zero-order valence-corrected chi connectivity index (χ0v) is 13.6. The Labute approximate surface area is 133 Å². The molecule has 0 saturated carbocycles. The van der Waals surface area contributed by atoms with Crippen molar-refractivity contribution in [3.63, 3.8) is 0 Å². The lowest BCUT2D eigenvalue weighted by Gasteiger charge is -2.04. The highest BCUT2D eigenvalue weighted by molar-refractivity contribution is 6.13. The molecule has 0 saturated heterocycles.